The van der Waals surface area contributed by atoms with Crippen molar-refractivity contribution in [3.05, 3.63) is 64.0 Å². The van der Waals surface area contributed by atoms with Gasteiger partial charge < -0.3 is 38.9 Å². The molecule has 0 radical (unpaired) electrons. The first-order valence-corrected chi connectivity index (χ1v) is 11.3. The molecule has 10 heteroatoms. The molecule has 3 aromatic rings. The van der Waals surface area contributed by atoms with Gasteiger partial charge in [-0.3, -0.25) is 4.79 Å². The molecule has 0 spiro atoms. The minimum absolute atomic E-state index is 0.0158. The molecule has 1 aromatic heterocycles. The van der Waals surface area contributed by atoms with Crippen molar-refractivity contribution in [2.75, 3.05) is 19.5 Å². The van der Waals surface area contributed by atoms with Crippen LogP contribution in [0.5, 0.6) is 11.5 Å². The van der Waals surface area contributed by atoms with Gasteiger partial charge in [0.2, 0.25) is 6.29 Å². The molecule has 0 aliphatic carbocycles. The fourth-order valence-electron chi connectivity index (χ4n) is 4.29. The van der Waals surface area contributed by atoms with E-state index < -0.39 is 41.7 Å². The van der Waals surface area contributed by atoms with Gasteiger partial charge >= 0.3 is 5.63 Å². The number of rotatable bonds is 6. The van der Waals surface area contributed by atoms with E-state index in [0.717, 1.165) is 0 Å². The second-order valence-electron chi connectivity index (χ2n) is 9.08. The molecule has 0 saturated carbocycles. The van der Waals surface area contributed by atoms with E-state index in [-0.39, 0.29) is 11.3 Å². The summed E-state index contributed by atoms with van der Waals surface area (Å²) in [6, 6.07) is 11.2. The number of aliphatic hydroxyl groups excluding tert-OH is 2. The Kier molecular flexibility index (Phi) is 7.05. The summed E-state index contributed by atoms with van der Waals surface area (Å²) in [6.45, 7) is 5.13. The zero-order chi connectivity index (χ0) is 26.2. The predicted octanol–water partition coefficient (Wildman–Crippen LogP) is 2.61. The Hall–Kier alpha value is -3.44. The van der Waals surface area contributed by atoms with E-state index >= 15 is 0 Å². The van der Waals surface area contributed by atoms with Gasteiger partial charge in [-0.2, -0.15) is 0 Å². The van der Waals surface area contributed by atoms with Crippen molar-refractivity contribution in [1.82, 2.24) is 0 Å². The van der Waals surface area contributed by atoms with Crippen LogP contribution in [0, 0.1) is 6.92 Å². The number of amides is 1. The lowest BCUT2D eigenvalue weighted by Crippen LogP contribution is -2.63. The number of fused-ring (bicyclic) bond motifs is 1. The quantitative estimate of drug-likeness (QED) is 0.437. The van der Waals surface area contributed by atoms with Crippen molar-refractivity contribution in [1.29, 1.82) is 0 Å². The van der Waals surface area contributed by atoms with Gasteiger partial charge in [-0.15, -0.1) is 0 Å². The maximum absolute atomic E-state index is 12.6. The van der Waals surface area contributed by atoms with Crippen LogP contribution in [0.1, 0.15) is 29.8 Å². The molecule has 10 nitrogen and oxygen atoms in total. The lowest BCUT2D eigenvalue weighted by atomic mass is 9.89. The van der Waals surface area contributed by atoms with Crippen LogP contribution in [-0.4, -0.2) is 60.5 Å². The summed E-state index contributed by atoms with van der Waals surface area (Å²) in [4.78, 5) is 25.2. The molecule has 2 heterocycles. The van der Waals surface area contributed by atoms with E-state index in [0.29, 0.717) is 28.0 Å². The zero-order valence-corrected chi connectivity index (χ0v) is 20.6. The highest BCUT2D eigenvalue weighted by molar-refractivity contribution is 6.04. The van der Waals surface area contributed by atoms with Crippen LogP contribution in [0.15, 0.2) is 51.7 Å². The Balaban J connectivity index is 1.58. The van der Waals surface area contributed by atoms with Crippen molar-refractivity contribution < 1.29 is 38.4 Å². The summed E-state index contributed by atoms with van der Waals surface area (Å²) in [5, 5.41) is 24.1. The number of nitrogens with one attached hydrogen (secondary N) is 1. The molecule has 3 N–H and O–H groups in total. The van der Waals surface area contributed by atoms with E-state index in [9.17, 15) is 19.8 Å². The van der Waals surface area contributed by atoms with Gasteiger partial charge in [0.15, 0.2) is 0 Å². The summed E-state index contributed by atoms with van der Waals surface area (Å²) >= 11 is 0. The van der Waals surface area contributed by atoms with Crippen molar-refractivity contribution in [2.45, 2.75) is 51.0 Å². The normalized spacial score (nSPS) is 23.3. The molecule has 1 fully saturated rings. The third-order valence-corrected chi connectivity index (χ3v) is 6.24. The van der Waals surface area contributed by atoms with Crippen LogP contribution in [0.25, 0.3) is 11.0 Å². The van der Waals surface area contributed by atoms with E-state index in [4.69, 9.17) is 23.4 Å². The van der Waals surface area contributed by atoms with Crippen molar-refractivity contribution >= 4 is 22.6 Å². The van der Waals surface area contributed by atoms with Gasteiger partial charge in [0.05, 0.1) is 12.7 Å². The van der Waals surface area contributed by atoms with Crippen molar-refractivity contribution in [3.8, 4) is 11.5 Å². The number of anilines is 1. The summed E-state index contributed by atoms with van der Waals surface area (Å²) in [6.07, 6.45) is -4.55. The van der Waals surface area contributed by atoms with E-state index in [1.807, 2.05) is 0 Å². The number of hydrogen-bond acceptors (Lipinski definition) is 9. The van der Waals surface area contributed by atoms with Gasteiger partial charge in [0.25, 0.3) is 5.91 Å². The molecule has 1 amide bonds. The van der Waals surface area contributed by atoms with Crippen LogP contribution in [0.3, 0.4) is 0 Å². The number of carbonyl (C=O) groups is 1. The Labute approximate surface area is 207 Å². The number of carbonyl (C=O) groups excluding carboxylic acids is 1. The van der Waals surface area contributed by atoms with Crippen LogP contribution < -0.4 is 20.4 Å². The number of methoxy groups -OCH3 is 2. The highest BCUT2D eigenvalue weighted by Crippen LogP contribution is 2.35. The molecule has 1 saturated heterocycles. The van der Waals surface area contributed by atoms with Gasteiger partial charge in [-0.05, 0) is 63.2 Å². The maximum Gasteiger partial charge on any atom is 0.360 e. The van der Waals surface area contributed by atoms with E-state index in [1.54, 1.807) is 57.2 Å². The predicted molar refractivity (Wildman–Crippen MR) is 131 cm³/mol. The molecule has 1 aliphatic heterocycles. The molecule has 36 heavy (non-hydrogen) atoms. The molecule has 2 aromatic carbocycles. The van der Waals surface area contributed by atoms with Crippen LogP contribution in [-0.2, 0) is 9.47 Å². The molecule has 0 bridgehead atoms. The number of benzene rings is 2. The van der Waals surface area contributed by atoms with Gasteiger partial charge in [0.1, 0.15) is 41.1 Å². The summed E-state index contributed by atoms with van der Waals surface area (Å²) in [5.41, 5.74) is -0.612. The van der Waals surface area contributed by atoms with E-state index in [2.05, 4.69) is 5.32 Å². The Morgan fingerprint density at radius 3 is 2.39 bits per heavy atom. The topological polar surface area (TPSA) is 137 Å². The third kappa shape index (κ3) is 4.80. The Bertz CT molecular complexity index is 1320. The summed E-state index contributed by atoms with van der Waals surface area (Å²) in [5.74, 6) is 0.427. The average Bonchev–Trinajstić information content (AvgIpc) is 2.85. The third-order valence-electron chi connectivity index (χ3n) is 6.24. The smallest absolute Gasteiger partial charge is 0.360 e. The first kappa shape index (κ1) is 25.6. The standard InChI is InChI=1S/C26H29NO9/c1-13-18(34-25-20(29)19(28)22(33-5)26(2,3)36-25)11-8-15-12-17(24(31)35-21(13)15)27-23(30)14-6-9-16(32-4)10-7-14/h6-12,19-20,22,25,28-29H,1-5H3,(H,27,30)/t19-,20-,22+,25+/m0/s1. The maximum atomic E-state index is 12.6. The highest BCUT2D eigenvalue weighted by Gasteiger charge is 2.50. The summed E-state index contributed by atoms with van der Waals surface area (Å²) in [7, 11) is 2.95. The second kappa shape index (κ2) is 9.90. The van der Waals surface area contributed by atoms with Crippen LogP contribution >= 0.6 is 0 Å². The number of ether oxygens (including phenoxy) is 4. The Morgan fingerprint density at radius 2 is 1.75 bits per heavy atom. The van der Waals surface area contributed by atoms with Crippen molar-refractivity contribution in [3.63, 3.8) is 0 Å². The van der Waals surface area contributed by atoms with Crippen LogP contribution in [0.4, 0.5) is 5.69 Å². The largest absolute Gasteiger partial charge is 0.497 e. The number of aryl methyl sites for hydroxylation is 1. The van der Waals surface area contributed by atoms with Gasteiger partial charge in [-0.25, -0.2) is 4.79 Å². The summed E-state index contributed by atoms with van der Waals surface area (Å²) < 4.78 is 27.6. The van der Waals surface area contributed by atoms with Crippen LogP contribution in [0.2, 0.25) is 0 Å². The van der Waals surface area contributed by atoms with E-state index in [1.165, 1.54) is 20.3 Å². The SMILES string of the molecule is COc1ccc(C(=O)Nc2cc3ccc(O[C@@H]4OC(C)(C)[C@H](OC)[C@@H](O)[C@@H]4O)c(C)c3oc2=O)cc1. The fourth-order valence-corrected chi connectivity index (χ4v) is 4.29. The van der Waals surface area contributed by atoms with Gasteiger partial charge in [0, 0.05) is 23.6 Å². The zero-order valence-electron chi connectivity index (χ0n) is 20.6. The first-order valence-electron chi connectivity index (χ1n) is 11.3. The molecule has 4 rings (SSSR count). The van der Waals surface area contributed by atoms with Gasteiger partial charge in [-0.1, -0.05) is 0 Å². The molecule has 1 aliphatic rings. The molecular formula is C26H29NO9. The number of aliphatic hydroxyl groups is 2. The lowest BCUT2D eigenvalue weighted by Gasteiger charge is -2.46. The second-order valence-corrected chi connectivity index (χ2v) is 9.08. The molecular weight excluding hydrogens is 470 g/mol. The molecule has 0 unspecified atom stereocenters. The Morgan fingerprint density at radius 1 is 1.06 bits per heavy atom. The fraction of sp³-hybridized carbons (Fsp3) is 0.385. The lowest BCUT2D eigenvalue weighted by molar-refractivity contribution is -0.306. The van der Waals surface area contributed by atoms with Crippen molar-refractivity contribution in [2.24, 2.45) is 0 Å². The minimum Gasteiger partial charge on any atom is -0.497 e. The highest BCUT2D eigenvalue weighted by atomic mass is 16.7. The molecule has 192 valence electrons. The molecule has 4 atom stereocenters. The average molecular weight is 500 g/mol. The first-order chi connectivity index (χ1) is 17.1. The minimum atomic E-state index is -1.37. The number of hydrogen-bond donors (Lipinski definition) is 3. The monoisotopic (exact) mass is 499 g/mol.